The van der Waals surface area contributed by atoms with Crippen LogP contribution in [-0.2, 0) is 5.54 Å². The van der Waals surface area contributed by atoms with Gasteiger partial charge in [-0.2, -0.15) is 0 Å². The van der Waals surface area contributed by atoms with Gasteiger partial charge in [-0.15, -0.1) is 0 Å². The van der Waals surface area contributed by atoms with Gasteiger partial charge in [-0.25, -0.2) is 8.78 Å². The predicted molar refractivity (Wildman–Crippen MR) is 67.2 cm³/mol. The second kappa shape index (κ2) is 4.05. The molecule has 0 bridgehead atoms. The topological polar surface area (TPSA) is 41.8 Å². The first-order valence-electron chi connectivity index (χ1n) is 6.36. The molecule has 0 aliphatic heterocycles. The van der Waals surface area contributed by atoms with Crippen LogP contribution in [0.2, 0.25) is 0 Å². The Kier molecular flexibility index (Phi) is 2.63. The maximum atomic E-state index is 14.4. The van der Waals surface area contributed by atoms with E-state index in [9.17, 15) is 8.78 Å². The van der Waals surface area contributed by atoms with Crippen LogP contribution in [0.3, 0.4) is 0 Å². The lowest BCUT2D eigenvalue weighted by Gasteiger charge is -2.34. The number of fused-ring (bicyclic) bond motifs is 1. The zero-order valence-electron chi connectivity index (χ0n) is 10.1. The minimum absolute atomic E-state index is 0.0529. The zero-order valence-corrected chi connectivity index (χ0v) is 10.1. The molecule has 1 saturated carbocycles. The van der Waals surface area contributed by atoms with Gasteiger partial charge in [0.2, 0.25) is 0 Å². The molecule has 0 saturated heterocycles. The van der Waals surface area contributed by atoms with Crippen LogP contribution in [0.1, 0.15) is 37.7 Å². The third-order valence-electron chi connectivity index (χ3n) is 3.98. The summed E-state index contributed by atoms with van der Waals surface area (Å²) in [4.78, 5) is 2.81. The number of rotatable bonds is 1. The third kappa shape index (κ3) is 1.63. The van der Waals surface area contributed by atoms with Gasteiger partial charge in [0.05, 0.1) is 5.52 Å². The molecule has 0 radical (unpaired) electrons. The second-order valence-electron chi connectivity index (χ2n) is 5.21. The van der Waals surface area contributed by atoms with E-state index in [1.54, 1.807) is 12.3 Å². The Morgan fingerprint density at radius 1 is 1.17 bits per heavy atom. The first kappa shape index (κ1) is 11.7. The molecule has 1 aliphatic rings. The zero-order chi connectivity index (χ0) is 12.8. The van der Waals surface area contributed by atoms with E-state index in [0.29, 0.717) is 23.7 Å². The van der Waals surface area contributed by atoms with Crippen molar-refractivity contribution in [2.24, 2.45) is 5.73 Å². The molecule has 1 aromatic carbocycles. The number of hydrogen-bond acceptors (Lipinski definition) is 1. The molecule has 3 N–H and O–H groups in total. The molecule has 96 valence electrons. The smallest absolute Gasteiger partial charge is 0.155 e. The van der Waals surface area contributed by atoms with Gasteiger partial charge < -0.3 is 10.7 Å². The van der Waals surface area contributed by atoms with Crippen molar-refractivity contribution < 1.29 is 8.78 Å². The summed E-state index contributed by atoms with van der Waals surface area (Å²) in [6, 6.07) is 3.03. The van der Waals surface area contributed by atoms with Crippen LogP contribution in [0.4, 0.5) is 8.78 Å². The minimum atomic E-state index is -0.855. The molecular formula is C14H16F2N2. The van der Waals surface area contributed by atoms with Gasteiger partial charge >= 0.3 is 0 Å². The largest absolute Gasteiger partial charge is 0.359 e. The van der Waals surface area contributed by atoms with Gasteiger partial charge in [0.25, 0.3) is 0 Å². The maximum Gasteiger partial charge on any atom is 0.155 e. The van der Waals surface area contributed by atoms with Gasteiger partial charge in [0.1, 0.15) is 5.82 Å². The first-order valence-corrected chi connectivity index (χ1v) is 6.36. The van der Waals surface area contributed by atoms with Crippen molar-refractivity contribution in [2.75, 3.05) is 0 Å². The normalized spacial score (nSPS) is 19.3. The van der Waals surface area contributed by atoms with Crippen molar-refractivity contribution in [3.05, 3.63) is 35.5 Å². The van der Waals surface area contributed by atoms with E-state index in [-0.39, 0.29) is 5.56 Å². The van der Waals surface area contributed by atoms with Crippen LogP contribution in [0.5, 0.6) is 0 Å². The van der Waals surface area contributed by atoms with Crippen LogP contribution >= 0.6 is 0 Å². The van der Waals surface area contributed by atoms with Crippen LogP contribution in [0.15, 0.2) is 18.3 Å². The summed E-state index contributed by atoms with van der Waals surface area (Å²) < 4.78 is 28.6. The molecule has 4 heteroatoms. The fraction of sp³-hybridized carbons (Fsp3) is 0.429. The number of H-pyrrole nitrogens is 1. The molecule has 18 heavy (non-hydrogen) atoms. The first-order chi connectivity index (χ1) is 8.62. The molecule has 0 unspecified atom stereocenters. The molecule has 0 amide bonds. The minimum Gasteiger partial charge on any atom is -0.359 e. The van der Waals surface area contributed by atoms with Gasteiger partial charge in [-0.05, 0) is 25.0 Å². The Morgan fingerprint density at radius 2 is 1.89 bits per heavy atom. The highest BCUT2D eigenvalue weighted by Gasteiger charge is 2.35. The van der Waals surface area contributed by atoms with Crippen molar-refractivity contribution in [3.8, 4) is 0 Å². The monoisotopic (exact) mass is 250 g/mol. The SMILES string of the molecule is NC1(c2c(F)cc3cc[nH]c3c2F)CCCCC1. The van der Waals surface area contributed by atoms with Gasteiger partial charge in [0.15, 0.2) is 5.82 Å². The summed E-state index contributed by atoms with van der Waals surface area (Å²) >= 11 is 0. The molecule has 1 heterocycles. The quantitative estimate of drug-likeness (QED) is 0.798. The average molecular weight is 250 g/mol. The number of halogens is 2. The Bertz CT molecular complexity index is 583. The van der Waals surface area contributed by atoms with Crippen LogP contribution in [0.25, 0.3) is 10.9 Å². The van der Waals surface area contributed by atoms with Crippen LogP contribution in [0, 0.1) is 11.6 Å². The van der Waals surface area contributed by atoms with E-state index in [2.05, 4.69) is 4.98 Å². The van der Waals surface area contributed by atoms with Crippen molar-refractivity contribution in [1.29, 1.82) is 0 Å². The van der Waals surface area contributed by atoms with E-state index < -0.39 is 17.2 Å². The molecule has 1 fully saturated rings. The number of hydrogen-bond donors (Lipinski definition) is 2. The van der Waals surface area contributed by atoms with E-state index >= 15 is 0 Å². The third-order valence-corrected chi connectivity index (χ3v) is 3.98. The van der Waals surface area contributed by atoms with E-state index in [0.717, 1.165) is 19.3 Å². The highest BCUT2D eigenvalue weighted by molar-refractivity contribution is 5.81. The van der Waals surface area contributed by atoms with Gasteiger partial charge in [-0.3, -0.25) is 0 Å². The number of aromatic nitrogens is 1. The Balaban J connectivity index is 2.21. The predicted octanol–water partition coefficient (Wildman–Crippen LogP) is 3.56. The molecule has 1 aliphatic carbocycles. The van der Waals surface area contributed by atoms with E-state index in [1.807, 2.05) is 0 Å². The number of benzene rings is 1. The number of aromatic amines is 1. The second-order valence-corrected chi connectivity index (χ2v) is 5.21. The summed E-state index contributed by atoms with van der Waals surface area (Å²) in [6.07, 6.45) is 5.85. The molecule has 0 atom stereocenters. The molecule has 3 rings (SSSR count). The summed E-state index contributed by atoms with van der Waals surface area (Å²) in [5.41, 5.74) is 5.79. The Morgan fingerprint density at radius 3 is 2.61 bits per heavy atom. The fourth-order valence-corrected chi connectivity index (χ4v) is 3.02. The fourth-order valence-electron chi connectivity index (χ4n) is 3.02. The molecule has 1 aromatic heterocycles. The Hall–Kier alpha value is -1.42. The van der Waals surface area contributed by atoms with E-state index in [1.165, 1.54) is 6.07 Å². The van der Waals surface area contributed by atoms with Gasteiger partial charge in [0, 0.05) is 22.7 Å². The van der Waals surface area contributed by atoms with Gasteiger partial charge in [-0.1, -0.05) is 19.3 Å². The van der Waals surface area contributed by atoms with Crippen LogP contribution < -0.4 is 5.73 Å². The Labute approximate surface area is 104 Å². The highest BCUT2D eigenvalue weighted by Crippen LogP contribution is 2.39. The average Bonchev–Trinajstić information content (AvgIpc) is 2.77. The van der Waals surface area contributed by atoms with Crippen molar-refractivity contribution in [1.82, 2.24) is 4.98 Å². The summed E-state index contributed by atoms with van der Waals surface area (Å²) in [7, 11) is 0. The highest BCUT2D eigenvalue weighted by atomic mass is 19.1. The lowest BCUT2D eigenvalue weighted by molar-refractivity contribution is 0.283. The molecule has 2 aromatic rings. The molecular weight excluding hydrogens is 234 g/mol. The number of nitrogens with two attached hydrogens (primary N) is 1. The standard InChI is InChI=1S/C14H16F2N2/c15-10-8-9-4-7-18-13(9)12(16)11(10)14(17)5-2-1-3-6-14/h4,7-8,18H,1-3,5-6,17H2. The summed E-state index contributed by atoms with van der Waals surface area (Å²) in [5.74, 6) is -1.05. The number of nitrogens with one attached hydrogen (secondary N) is 1. The maximum absolute atomic E-state index is 14.4. The van der Waals surface area contributed by atoms with Crippen molar-refractivity contribution in [3.63, 3.8) is 0 Å². The lowest BCUT2D eigenvalue weighted by atomic mass is 9.77. The van der Waals surface area contributed by atoms with Crippen LogP contribution in [-0.4, -0.2) is 4.98 Å². The molecule has 0 spiro atoms. The van der Waals surface area contributed by atoms with Crippen molar-refractivity contribution in [2.45, 2.75) is 37.6 Å². The molecule has 2 nitrogen and oxygen atoms in total. The van der Waals surface area contributed by atoms with Crippen molar-refractivity contribution >= 4 is 10.9 Å². The summed E-state index contributed by atoms with van der Waals surface area (Å²) in [6.45, 7) is 0. The summed E-state index contributed by atoms with van der Waals surface area (Å²) in [5, 5.41) is 0.549. The lowest BCUT2D eigenvalue weighted by Crippen LogP contribution is -2.40. The van der Waals surface area contributed by atoms with E-state index in [4.69, 9.17) is 5.73 Å².